The summed E-state index contributed by atoms with van der Waals surface area (Å²) in [6, 6.07) is 9.34. The first-order valence-electron chi connectivity index (χ1n) is 8.33. The lowest BCUT2D eigenvalue weighted by atomic mass is 10.1. The Morgan fingerprint density at radius 1 is 1.18 bits per heavy atom. The largest absolute Gasteiger partial charge is 0.312 e. The van der Waals surface area contributed by atoms with Crippen LogP contribution in [-0.2, 0) is 15.6 Å². The van der Waals surface area contributed by atoms with Gasteiger partial charge in [-0.05, 0) is 35.9 Å². The third-order valence-corrected chi connectivity index (χ3v) is 8.60. The fourth-order valence-electron chi connectivity index (χ4n) is 3.37. The number of halogens is 4. The van der Waals surface area contributed by atoms with Crippen molar-refractivity contribution >= 4 is 71.6 Å². The summed E-state index contributed by atoms with van der Waals surface area (Å²) in [5, 5.41) is 1.55. The van der Waals surface area contributed by atoms with Crippen molar-refractivity contribution in [2.45, 2.75) is 17.8 Å². The second kappa shape index (κ2) is 7.80. The molecule has 0 aromatic heterocycles. The van der Waals surface area contributed by atoms with Gasteiger partial charge in [-0.3, -0.25) is 4.99 Å². The van der Waals surface area contributed by atoms with Gasteiger partial charge in [0.25, 0.3) is 0 Å². The monoisotopic (exact) mass is 522 g/mol. The molecule has 2 aromatic carbocycles. The van der Waals surface area contributed by atoms with Crippen LogP contribution in [0.15, 0.2) is 45.9 Å². The van der Waals surface area contributed by atoms with Gasteiger partial charge >= 0.3 is 0 Å². The minimum atomic E-state index is -3.19. The minimum Gasteiger partial charge on any atom is -0.312 e. The number of amidine groups is 1. The van der Waals surface area contributed by atoms with Gasteiger partial charge in [0.05, 0.1) is 39.3 Å². The molecular weight excluding hydrogens is 510 g/mol. The molecule has 4 nitrogen and oxygen atoms in total. The van der Waals surface area contributed by atoms with E-state index in [0.717, 1.165) is 5.56 Å². The molecule has 0 amide bonds. The van der Waals surface area contributed by atoms with Gasteiger partial charge in [-0.15, -0.1) is 0 Å². The van der Waals surface area contributed by atoms with Crippen molar-refractivity contribution in [3.05, 3.63) is 62.3 Å². The van der Waals surface area contributed by atoms with Crippen molar-refractivity contribution in [2.75, 3.05) is 16.4 Å². The van der Waals surface area contributed by atoms with Gasteiger partial charge in [-0.25, -0.2) is 12.8 Å². The Morgan fingerprint density at radius 3 is 2.68 bits per heavy atom. The highest BCUT2D eigenvalue weighted by Crippen LogP contribution is 2.38. The highest BCUT2D eigenvalue weighted by molar-refractivity contribution is 9.10. The SMILES string of the molecule is O=S1(=O)C[C@H]2N=C(SCc3ccc(Cl)c(Cl)c3)N(c3ccc(Br)cc3F)[C@H]2C1. The molecule has 2 heterocycles. The molecule has 0 spiro atoms. The third kappa shape index (κ3) is 4.07. The molecule has 0 saturated carbocycles. The number of sulfone groups is 1. The number of benzene rings is 2. The number of aliphatic imine (C=N–C) groups is 1. The molecular formula is C18H14BrCl2FN2O2S2. The van der Waals surface area contributed by atoms with E-state index in [-0.39, 0.29) is 17.5 Å². The van der Waals surface area contributed by atoms with Crippen LogP contribution in [0.3, 0.4) is 0 Å². The summed E-state index contributed by atoms with van der Waals surface area (Å²) in [6.45, 7) is 0. The van der Waals surface area contributed by atoms with Crippen LogP contribution in [0.1, 0.15) is 5.56 Å². The molecule has 0 N–H and O–H groups in total. The Morgan fingerprint density at radius 2 is 1.96 bits per heavy atom. The van der Waals surface area contributed by atoms with Crippen molar-refractivity contribution in [1.29, 1.82) is 0 Å². The lowest BCUT2D eigenvalue weighted by molar-refractivity contribution is 0.600. The fraction of sp³-hybridized carbons (Fsp3) is 0.278. The molecule has 1 fully saturated rings. The predicted molar refractivity (Wildman–Crippen MR) is 118 cm³/mol. The number of anilines is 1. The van der Waals surface area contributed by atoms with Crippen molar-refractivity contribution in [3.63, 3.8) is 0 Å². The lowest BCUT2D eigenvalue weighted by Gasteiger charge is -2.27. The first-order valence-corrected chi connectivity index (χ1v) is 12.7. The molecule has 4 rings (SSSR count). The summed E-state index contributed by atoms with van der Waals surface area (Å²) in [6.07, 6.45) is 0. The Labute approximate surface area is 185 Å². The Balaban J connectivity index is 1.64. The summed E-state index contributed by atoms with van der Waals surface area (Å²) < 4.78 is 39.5. The van der Waals surface area contributed by atoms with Crippen molar-refractivity contribution < 1.29 is 12.8 Å². The summed E-state index contributed by atoms with van der Waals surface area (Å²) in [7, 11) is -3.19. The summed E-state index contributed by atoms with van der Waals surface area (Å²) in [4.78, 5) is 6.33. The zero-order chi connectivity index (χ0) is 20.1. The van der Waals surface area contributed by atoms with Crippen LogP contribution >= 0.6 is 50.9 Å². The Kier molecular flexibility index (Phi) is 5.70. The summed E-state index contributed by atoms with van der Waals surface area (Å²) >= 11 is 16.7. The van der Waals surface area contributed by atoms with E-state index >= 15 is 0 Å². The molecule has 10 heteroatoms. The van der Waals surface area contributed by atoms with E-state index in [0.29, 0.717) is 31.1 Å². The number of fused-ring (bicyclic) bond motifs is 1. The normalized spacial score (nSPS) is 23.0. The fourth-order valence-corrected chi connectivity index (χ4v) is 6.93. The van der Waals surface area contributed by atoms with E-state index in [1.165, 1.54) is 17.8 Å². The molecule has 2 aliphatic heterocycles. The molecule has 2 aliphatic rings. The molecule has 148 valence electrons. The minimum absolute atomic E-state index is 0.0108. The molecule has 28 heavy (non-hydrogen) atoms. The van der Waals surface area contributed by atoms with Crippen LogP contribution in [0.5, 0.6) is 0 Å². The molecule has 2 aromatic rings. The van der Waals surface area contributed by atoms with Crippen molar-refractivity contribution in [3.8, 4) is 0 Å². The summed E-state index contributed by atoms with van der Waals surface area (Å²) in [5.74, 6) is 0.0786. The van der Waals surface area contributed by atoms with Gasteiger partial charge in [-0.1, -0.05) is 57.0 Å². The Bertz CT molecular complexity index is 1080. The number of hydrogen-bond donors (Lipinski definition) is 0. The van der Waals surface area contributed by atoms with Crippen LogP contribution < -0.4 is 4.90 Å². The maximum absolute atomic E-state index is 14.7. The van der Waals surface area contributed by atoms with Crippen LogP contribution in [0.2, 0.25) is 10.0 Å². The average Bonchev–Trinajstić information content (AvgIpc) is 3.08. The van der Waals surface area contributed by atoms with Crippen LogP contribution in [-0.4, -0.2) is 37.2 Å². The van der Waals surface area contributed by atoms with E-state index in [2.05, 4.69) is 20.9 Å². The van der Waals surface area contributed by atoms with Gasteiger partial charge in [0.2, 0.25) is 0 Å². The van der Waals surface area contributed by atoms with Crippen LogP contribution in [0, 0.1) is 5.82 Å². The predicted octanol–water partition coefficient (Wildman–Crippen LogP) is 5.17. The maximum atomic E-state index is 14.7. The van der Waals surface area contributed by atoms with Gasteiger partial charge in [0, 0.05) is 10.2 Å². The van der Waals surface area contributed by atoms with Crippen molar-refractivity contribution in [1.82, 2.24) is 0 Å². The smallest absolute Gasteiger partial charge is 0.164 e. The molecule has 2 atom stereocenters. The van der Waals surface area contributed by atoms with Gasteiger partial charge in [0.15, 0.2) is 15.0 Å². The first kappa shape index (κ1) is 20.5. The second-order valence-electron chi connectivity index (χ2n) is 6.63. The lowest BCUT2D eigenvalue weighted by Crippen LogP contribution is -2.39. The van der Waals surface area contributed by atoms with Gasteiger partial charge in [0.1, 0.15) is 5.82 Å². The molecule has 1 saturated heterocycles. The standard InChI is InChI=1S/C18H14BrCl2FN2O2S2/c19-11-2-4-16(14(22)6-11)24-17-9-28(25,26)8-15(17)23-18(24)27-7-10-1-3-12(20)13(21)5-10/h1-6,15,17H,7-9H2/t15-,17+/m1/s1. The highest BCUT2D eigenvalue weighted by atomic mass is 79.9. The molecule has 0 bridgehead atoms. The highest BCUT2D eigenvalue weighted by Gasteiger charge is 2.47. The van der Waals surface area contributed by atoms with E-state index in [1.54, 1.807) is 29.2 Å². The van der Waals surface area contributed by atoms with Gasteiger partial charge < -0.3 is 4.90 Å². The maximum Gasteiger partial charge on any atom is 0.164 e. The van der Waals surface area contributed by atoms with E-state index in [9.17, 15) is 12.8 Å². The average molecular weight is 524 g/mol. The number of rotatable bonds is 3. The third-order valence-electron chi connectivity index (χ3n) is 4.63. The molecule has 0 unspecified atom stereocenters. The number of thioether (sulfide) groups is 1. The van der Waals surface area contributed by atoms with E-state index in [4.69, 9.17) is 23.2 Å². The zero-order valence-corrected chi connectivity index (χ0v) is 19.0. The zero-order valence-electron chi connectivity index (χ0n) is 14.3. The quantitative estimate of drug-likeness (QED) is 0.556. The van der Waals surface area contributed by atoms with Gasteiger partial charge in [-0.2, -0.15) is 0 Å². The van der Waals surface area contributed by atoms with E-state index < -0.39 is 21.7 Å². The topological polar surface area (TPSA) is 49.7 Å². The van der Waals surface area contributed by atoms with E-state index in [1.807, 2.05) is 6.07 Å². The summed E-state index contributed by atoms with van der Waals surface area (Å²) in [5.41, 5.74) is 1.27. The molecule has 0 radical (unpaired) electrons. The first-order chi connectivity index (χ1) is 13.2. The Hall–Kier alpha value is -0.800. The molecule has 0 aliphatic carbocycles. The van der Waals surface area contributed by atoms with Crippen LogP contribution in [0.25, 0.3) is 0 Å². The van der Waals surface area contributed by atoms with Crippen LogP contribution in [0.4, 0.5) is 10.1 Å². The number of hydrogen-bond acceptors (Lipinski definition) is 5. The van der Waals surface area contributed by atoms with Crippen molar-refractivity contribution in [2.24, 2.45) is 4.99 Å². The second-order valence-corrected chi connectivity index (χ2v) is 11.5. The number of nitrogens with zero attached hydrogens (tertiary/aromatic N) is 2.